The Morgan fingerprint density at radius 3 is 1.10 bits per heavy atom. The summed E-state index contributed by atoms with van der Waals surface area (Å²) in [4.78, 5) is 21.6. The molecule has 0 aromatic heterocycles. The first kappa shape index (κ1) is 28.6. The van der Waals surface area contributed by atoms with Crippen LogP contribution in [0, 0.1) is 0 Å². The quantitative estimate of drug-likeness (QED) is 0.172. The van der Waals surface area contributed by atoms with E-state index in [2.05, 4.69) is 0 Å². The third-order valence-corrected chi connectivity index (χ3v) is 3.90. The lowest BCUT2D eigenvalue weighted by atomic mass is 9.98. The van der Waals surface area contributed by atoms with Crippen LogP contribution >= 0.6 is 7.82 Å². The van der Waals surface area contributed by atoms with E-state index in [-0.39, 0.29) is 0 Å². The molecular weight excluding hydrogens is 427 g/mol. The Balaban J connectivity index is 0.000000442. The molecule has 176 valence electrons. The van der Waals surface area contributed by atoms with Gasteiger partial charge in [-0.2, -0.15) is 0 Å². The van der Waals surface area contributed by atoms with Gasteiger partial charge in [0.15, 0.2) is 12.6 Å². The number of nitrogens with two attached hydrogens (primary N) is 2. The molecule has 2 saturated heterocycles. The molecule has 0 saturated carbocycles. The number of hydrogen-bond donors (Lipinski definition) is 13. The molecule has 0 aromatic rings. The second kappa shape index (κ2) is 12.5. The molecule has 0 amide bonds. The van der Waals surface area contributed by atoms with Crippen molar-refractivity contribution in [1.82, 2.24) is 0 Å². The molecule has 2 fully saturated rings. The second-order valence-corrected chi connectivity index (χ2v) is 7.15. The fraction of sp³-hybridized carbons (Fsp3) is 1.00. The van der Waals surface area contributed by atoms with Crippen molar-refractivity contribution >= 4 is 7.82 Å². The molecule has 2 aliphatic rings. The number of rotatable bonds is 2. The molecule has 0 radical (unpaired) electrons. The Bertz CT molecular complexity index is 459. The highest BCUT2D eigenvalue weighted by Crippen LogP contribution is 2.25. The average Bonchev–Trinajstić information content (AvgIpc) is 2.63. The van der Waals surface area contributed by atoms with E-state index in [9.17, 15) is 20.4 Å². The summed E-state index contributed by atoms with van der Waals surface area (Å²) >= 11 is 0. The van der Waals surface area contributed by atoms with Crippen molar-refractivity contribution in [2.45, 2.75) is 61.3 Å². The topological polar surface area (TPSA) is 310 Å². The standard InChI is InChI=1S/2C6H13NO5.H3O4P/c2*7-3-5(10)4(9)2(1-8)12-6(3)11;1-5(2,3)4/h2*2-6,8-11H,1,7H2;(H3,1,2,3,4)/t2*2-,3-,4-,5-,6?;/m11./s1. The van der Waals surface area contributed by atoms with Crippen molar-refractivity contribution in [3.63, 3.8) is 0 Å². The lowest BCUT2D eigenvalue weighted by Gasteiger charge is -2.38. The number of hydrogen-bond acceptors (Lipinski definition) is 13. The van der Waals surface area contributed by atoms with Crippen LogP contribution in [0.15, 0.2) is 0 Å². The summed E-state index contributed by atoms with van der Waals surface area (Å²) in [5.74, 6) is 0. The van der Waals surface area contributed by atoms with Gasteiger partial charge in [-0.25, -0.2) is 4.57 Å². The first-order chi connectivity index (χ1) is 13.1. The third kappa shape index (κ3) is 9.53. The van der Waals surface area contributed by atoms with Crippen molar-refractivity contribution < 1.29 is 69.6 Å². The maximum atomic E-state index is 9.20. The zero-order valence-corrected chi connectivity index (χ0v) is 15.8. The Kier molecular flexibility index (Phi) is 12.3. The number of aliphatic hydroxyl groups is 8. The fourth-order valence-electron chi connectivity index (χ4n) is 2.24. The van der Waals surface area contributed by atoms with Gasteiger partial charge in [-0.05, 0) is 0 Å². The van der Waals surface area contributed by atoms with Crippen LogP contribution in [-0.2, 0) is 14.0 Å². The maximum absolute atomic E-state index is 9.20. The molecule has 0 aromatic carbocycles. The van der Waals surface area contributed by atoms with Crippen LogP contribution in [0.2, 0.25) is 0 Å². The first-order valence-corrected chi connectivity index (χ1v) is 9.62. The summed E-state index contributed by atoms with van der Waals surface area (Å²) in [6.07, 6.45) is -9.70. The molecule has 0 spiro atoms. The highest BCUT2D eigenvalue weighted by molar-refractivity contribution is 7.45. The van der Waals surface area contributed by atoms with Crippen molar-refractivity contribution in [3.8, 4) is 0 Å². The molecule has 15 N–H and O–H groups in total. The third-order valence-electron chi connectivity index (χ3n) is 3.90. The van der Waals surface area contributed by atoms with Crippen LogP contribution in [0.4, 0.5) is 0 Å². The predicted molar refractivity (Wildman–Crippen MR) is 90.2 cm³/mol. The number of aliphatic hydroxyl groups excluding tert-OH is 8. The van der Waals surface area contributed by atoms with Crippen molar-refractivity contribution in [2.75, 3.05) is 13.2 Å². The maximum Gasteiger partial charge on any atom is 0.466 e. The summed E-state index contributed by atoms with van der Waals surface area (Å²) in [5, 5.41) is 72.1. The summed E-state index contributed by atoms with van der Waals surface area (Å²) in [6.45, 7) is -0.940. The van der Waals surface area contributed by atoms with Gasteiger partial charge in [0.05, 0.1) is 25.3 Å². The van der Waals surface area contributed by atoms with E-state index in [1.54, 1.807) is 0 Å². The van der Waals surface area contributed by atoms with Gasteiger partial charge in [-0.15, -0.1) is 0 Å². The van der Waals surface area contributed by atoms with Crippen molar-refractivity contribution in [1.29, 1.82) is 0 Å². The summed E-state index contributed by atoms with van der Waals surface area (Å²) in [6, 6.07) is -2.08. The minimum Gasteiger partial charge on any atom is -0.394 e. The van der Waals surface area contributed by atoms with Gasteiger partial charge in [0.25, 0.3) is 0 Å². The van der Waals surface area contributed by atoms with Crippen LogP contribution in [0.3, 0.4) is 0 Å². The Labute approximate surface area is 164 Å². The highest BCUT2D eigenvalue weighted by atomic mass is 31.2. The molecule has 17 heteroatoms. The molecule has 29 heavy (non-hydrogen) atoms. The van der Waals surface area contributed by atoms with Crippen LogP contribution in [0.1, 0.15) is 0 Å². The van der Waals surface area contributed by atoms with Gasteiger partial charge in [0, 0.05) is 0 Å². The van der Waals surface area contributed by atoms with Gasteiger partial charge in [0.1, 0.15) is 36.6 Å². The molecule has 0 aliphatic carbocycles. The summed E-state index contributed by atoms with van der Waals surface area (Å²) < 4.78 is 18.3. The zero-order chi connectivity index (χ0) is 23.1. The van der Waals surface area contributed by atoms with Crippen LogP contribution in [0.5, 0.6) is 0 Å². The number of phosphoric acid groups is 1. The van der Waals surface area contributed by atoms with E-state index in [0.717, 1.165) is 0 Å². The molecule has 0 bridgehead atoms. The van der Waals surface area contributed by atoms with E-state index in [1.807, 2.05) is 0 Å². The Morgan fingerprint density at radius 1 is 0.655 bits per heavy atom. The van der Waals surface area contributed by atoms with Gasteiger partial charge < -0.3 is 76.5 Å². The summed E-state index contributed by atoms with van der Waals surface area (Å²) in [7, 11) is -4.64. The fourth-order valence-corrected chi connectivity index (χ4v) is 2.24. The summed E-state index contributed by atoms with van der Waals surface area (Å²) in [5.41, 5.74) is 10.5. The molecule has 16 nitrogen and oxygen atoms in total. The molecule has 2 rings (SSSR count). The minimum absolute atomic E-state index is 0.470. The first-order valence-electron chi connectivity index (χ1n) is 8.06. The van der Waals surface area contributed by atoms with E-state index in [0.29, 0.717) is 0 Å². The van der Waals surface area contributed by atoms with Gasteiger partial charge >= 0.3 is 7.82 Å². The smallest absolute Gasteiger partial charge is 0.394 e. The SMILES string of the molecule is N[C@H]1C(O)O[C@H](CO)[C@@H](O)[C@@H]1O.N[C@H]1C(O)O[C@H](CO)[C@@H](O)[C@@H]1O.O=P(O)(O)O. The van der Waals surface area contributed by atoms with Crippen molar-refractivity contribution in [3.05, 3.63) is 0 Å². The molecule has 2 aliphatic heterocycles. The van der Waals surface area contributed by atoms with E-state index in [1.165, 1.54) is 0 Å². The lowest BCUT2D eigenvalue weighted by molar-refractivity contribution is -0.248. The predicted octanol–water partition coefficient (Wildman–Crippen LogP) is -7.44. The lowest BCUT2D eigenvalue weighted by Crippen LogP contribution is -2.61. The number of ether oxygens (including phenoxy) is 2. The zero-order valence-electron chi connectivity index (χ0n) is 14.9. The van der Waals surface area contributed by atoms with E-state index in [4.69, 9.17) is 60.6 Å². The van der Waals surface area contributed by atoms with Gasteiger partial charge in [-0.3, -0.25) is 0 Å². The minimum atomic E-state index is -4.64. The average molecular weight is 456 g/mol. The highest BCUT2D eigenvalue weighted by Gasteiger charge is 2.42. The molecule has 2 unspecified atom stereocenters. The Hall–Kier alpha value is -0.370. The second-order valence-electron chi connectivity index (χ2n) is 6.13. The van der Waals surface area contributed by atoms with Gasteiger partial charge in [-0.1, -0.05) is 0 Å². The largest absolute Gasteiger partial charge is 0.466 e. The normalized spacial score (nSPS) is 42.8. The van der Waals surface area contributed by atoms with E-state index < -0.39 is 82.3 Å². The van der Waals surface area contributed by atoms with Gasteiger partial charge in [0.2, 0.25) is 0 Å². The van der Waals surface area contributed by atoms with Crippen LogP contribution in [0.25, 0.3) is 0 Å². The molecule has 2 heterocycles. The Morgan fingerprint density at radius 2 is 0.897 bits per heavy atom. The molecule has 10 atom stereocenters. The van der Waals surface area contributed by atoms with Crippen molar-refractivity contribution in [2.24, 2.45) is 11.5 Å². The van der Waals surface area contributed by atoms with E-state index >= 15 is 0 Å². The molecular formula is C12H29N2O14P. The van der Waals surface area contributed by atoms with Crippen LogP contribution in [-0.4, -0.2) is 130 Å². The monoisotopic (exact) mass is 456 g/mol. The van der Waals surface area contributed by atoms with Crippen LogP contribution < -0.4 is 11.5 Å².